The predicted molar refractivity (Wildman–Crippen MR) is 121 cm³/mol. The molecule has 0 saturated carbocycles. The molecule has 0 unspecified atom stereocenters. The third-order valence-electron chi connectivity index (χ3n) is 5.61. The van der Waals surface area contributed by atoms with E-state index in [0.29, 0.717) is 37.6 Å². The molecule has 4 rings (SSSR count). The molecule has 1 fully saturated rings. The number of aryl methyl sites for hydroxylation is 1. The van der Waals surface area contributed by atoms with Gasteiger partial charge in [0.2, 0.25) is 0 Å². The Bertz CT molecular complexity index is 1130. The maximum atomic E-state index is 13.8. The van der Waals surface area contributed by atoms with Gasteiger partial charge in [-0.3, -0.25) is 0 Å². The van der Waals surface area contributed by atoms with Crippen LogP contribution >= 0.6 is 0 Å². The van der Waals surface area contributed by atoms with Crippen LogP contribution < -0.4 is 10.2 Å². The van der Waals surface area contributed by atoms with Crippen LogP contribution in [-0.4, -0.2) is 47.1 Å². The zero-order chi connectivity index (χ0) is 22.7. The van der Waals surface area contributed by atoms with Crippen LogP contribution in [0.4, 0.5) is 25.1 Å². The van der Waals surface area contributed by atoms with Crippen molar-refractivity contribution in [3.05, 3.63) is 71.4 Å². The van der Waals surface area contributed by atoms with E-state index >= 15 is 0 Å². The lowest BCUT2D eigenvalue weighted by atomic mass is 10.1. The first-order chi connectivity index (χ1) is 15.5. The first kappa shape index (κ1) is 21.7. The van der Waals surface area contributed by atoms with Gasteiger partial charge >= 0.3 is 6.03 Å². The van der Waals surface area contributed by atoms with E-state index in [2.05, 4.69) is 22.1 Å². The zero-order valence-corrected chi connectivity index (χ0v) is 18.1. The van der Waals surface area contributed by atoms with Crippen molar-refractivity contribution < 1.29 is 13.6 Å². The molecular weight excluding hydrogens is 412 g/mol. The molecule has 1 aliphatic rings. The number of anilines is 2. The van der Waals surface area contributed by atoms with E-state index in [4.69, 9.17) is 4.98 Å². The van der Waals surface area contributed by atoms with E-state index in [9.17, 15) is 13.6 Å². The Labute approximate surface area is 185 Å². The Balaban J connectivity index is 1.51. The minimum absolute atomic E-state index is 0.166. The summed E-state index contributed by atoms with van der Waals surface area (Å²) in [5, 5.41) is 2.63. The summed E-state index contributed by atoms with van der Waals surface area (Å²) >= 11 is 0. The number of hydrogen-bond donors (Lipinski definition) is 1. The van der Waals surface area contributed by atoms with Crippen LogP contribution in [0.3, 0.4) is 0 Å². The number of benzene rings is 2. The summed E-state index contributed by atoms with van der Waals surface area (Å²) in [6, 6.07) is 12.0. The maximum absolute atomic E-state index is 13.8. The molecule has 3 aromatic rings. The fourth-order valence-electron chi connectivity index (χ4n) is 3.89. The summed E-state index contributed by atoms with van der Waals surface area (Å²) in [6.07, 6.45) is 0.762. The van der Waals surface area contributed by atoms with Crippen molar-refractivity contribution in [1.29, 1.82) is 0 Å². The topological polar surface area (TPSA) is 61.4 Å². The molecule has 0 atom stereocenters. The molecule has 6 nitrogen and oxygen atoms in total. The summed E-state index contributed by atoms with van der Waals surface area (Å²) in [5.41, 5.74) is 2.69. The van der Waals surface area contributed by atoms with Crippen LogP contribution in [0, 0.1) is 18.6 Å². The van der Waals surface area contributed by atoms with Crippen molar-refractivity contribution in [2.45, 2.75) is 20.3 Å². The van der Waals surface area contributed by atoms with Gasteiger partial charge in [-0.1, -0.05) is 31.2 Å². The van der Waals surface area contributed by atoms with E-state index < -0.39 is 5.82 Å². The highest BCUT2D eigenvalue weighted by Crippen LogP contribution is 2.27. The number of carbonyl (C=O) groups excluding carboxylic acids is 1. The lowest BCUT2D eigenvalue weighted by Crippen LogP contribution is -2.50. The number of para-hydroxylation sites is 1. The van der Waals surface area contributed by atoms with E-state index in [0.717, 1.165) is 23.5 Å². The molecule has 1 N–H and O–H groups in total. The zero-order valence-electron chi connectivity index (χ0n) is 18.1. The number of hydrogen-bond acceptors (Lipinski definition) is 4. The summed E-state index contributed by atoms with van der Waals surface area (Å²) in [4.78, 5) is 25.7. The number of nitrogens with one attached hydrogen (secondary N) is 1. The van der Waals surface area contributed by atoms with E-state index in [1.165, 1.54) is 24.3 Å². The Kier molecular flexibility index (Phi) is 6.30. The van der Waals surface area contributed by atoms with Crippen LogP contribution in [0.2, 0.25) is 0 Å². The molecule has 0 radical (unpaired) electrons. The number of urea groups is 1. The quantitative estimate of drug-likeness (QED) is 0.646. The summed E-state index contributed by atoms with van der Waals surface area (Å²) in [6.45, 7) is 6.09. The van der Waals surface area contributed by atoms with Crippen molar-refractivity contribution in [2.24, 2.45) is 0 Å². The van der Waals surface area contributed by atoms with E-state index in [1.54, 1.807) is 29.2 Å². The maximum Gasteiger partial charge on any atom is 0.322 e. The fourth-order valence-corrected chi connectivity index (χ4v) is 3.89. The third kappa shape index (κ3) is 4.54. The average molecular weight is 437 g/mol. The molecule has 0 bridgehead atoms. The van der Waals surface area contributed by atoms with Gasteiger partial charge in [0, 0.05) is 43.0 Å². The third-order valence-corrected chi connectivity index (χ3v) is 5.61. The molecule has 32 heavy (non-hydrogen) atoms. The Morgan fingerprint density at radius 3 is 2.47 bits per heavy atom. The number of amides is 2. The second kappa shape index (κ2) is 9.30. The van der Waals surface area contributed by atoms with Gasteiger partial charge in [-0.2, -0.15) is 0 Å². The Morgan fingerprint density at radius 1 is 1.03 bits per heavy atom. The fraction of sp³-hybridized carbons (Fsp3) is 0.292. The van der Waals surface area contributed by atoms with E-state index in [-0.39, 0.29) is 17.5 Å². The van der Waals surface area contributed by atoms with Gasteiger partial charge in [-0.25, -0.2) is 23.5 Å². The molecule has 2 heterocycles. The lowest BCUT2D eigenvalue weighted by Gasteiger charge is -2.36. The van der Waals surface area contributed by atoms with Crippen molar-refractivity contribution in [3.8, 4) is 11.4 Å². The molecule has 8 heteroatoms. The molecule has 2 aromatic carbocycles. The van der Waals surface area contributed by atoms with Crippen LogP contribution in [0.5, 0.6) is 0 Å². The number of piperazine rings is 1. The van der Waals surface area contributed by atoms with Gasteiger partial charge in [0.1, 0.15) is 17.5 Å². The molecule has 0 aliphatic carbocycles. The van der Waals surface area contributed by atoms with Crippen molar-refractivity contribution in [1.82, 2.24) is 14.9 Å². The van der Waals surface area contributed by atoms with Crippen LogP contribution in [-0.2, 0) is 6.42 Å². The van der Waals surface area contributed by atoms with Gasteiger partial charge in [0.15, 0.2) is 5.82 Å². The monoisotopic (exact) mass is 437 g/mol. The highest BCUT2D eigenvalue weighted by Gasteiger charge is 2.25. The van der Waals surface area contributed by atoms with Crippen molar-refractivity contribution >= 4 is 17.5 Å². The second-order valence-electron chi connectivity index (χ2n) is 7.68. The molecule has 166 valence electrons. The minimum Gasteiger partial charge on any atom is -0.353 e. The van der Waals surface area contributed by atoms with Gasteiger partial charge in [0.05, 0.1) is 5.69 Å². The first-order valence-corrected chi connectivity index (χ1v) is 10.6. The van der Waals surface area contributed by atoms with Gasteiger partial charge in [0.25, 0.3) is 0 Å². The van der Waals surface area contributed by atoms with Gasteiger partial charge < -0.3 is 15.1 Å². The second-order valence-corrected chi connectivity index (χ2v) is 7.68. The largest absolute Gasteiger partial charge is 0.353 e. The van der Waals surface area contributed by atoms with Crippen molar-refractivity contribution in [3.63, 3.8) is 0 Å². The van der Waals surface area contributed by atoms with Gasteiger partial charge in [-0.15, -0.1) is 0 Å². The standard InChI is InChI=1S/C24H25F2N5O/c1-3-19-16(2)27-22(17-7-6-8-18(25)15-17)29-23(19)30-11-13-31(14-12-30)24(32)28-21-10-5-4-9-20(21)26/h4-10,15H,3,11-14H2,1-2H3,(H,28,32). The highest BCUT2D eigenvalue weighted by molar-refractivity contribution is 5.89. The Morgan fingerprint density at radius 2 is 1.78 bits per heavy atom. The SMILES string of the molecule is CCc1c(C)nc(-c2cccc(F)c2)nc1N1CCN(C(=O)Nc2ccccc2F)CC1. The minimum atomic E-state index is -0.464. The number of nitrogens with zero attached hydrogens (tertiary/aromatic N) is 4. The molecule has 0 spiro atoms. The highest BCUT2D eigenvalue weighted by atomic mass is 19.1. The van der Waals surface area contributed by atoms with Gasteiger partial charge in [-0.05, 0) is 37.6 Å². The van der Waals surface area contributed by atoms with E-state index in [1.807, 2.05) is 6.92 Å². The number of rotatable bonds is 4. The number of aromatic nitrogens is 2. The lowest BCUT2D eigenvalue weighted by molar-refractivity contribution is 0.208. The van der Waals surface area contributed by atoms with Crippen LogP contribution in [0.15, 0.2) is 48.5 Å². The molecule has 1 aromatic heterocycles. The van der Waals surface area contributed by atoms with Crippen LogP contribution in [0.25, 0.3) is 11.4 Å². The normalized spacial score (nSPS) is 13.9. The molecule has 1 saturated heterocycles. The molecule has 1 aliphatic heterocycles. The van der Waals surface area contributed by atoms with Crippen LogP contribution in [0.1, 0.15) is 18.2 Å². The smallest absolute Gasteiger partial charge is 0.322 e. The Hall–Kier alpha value is -3.55. The first-order valence-electron chi connectivity index (χ1n) is 10.6. The summed E-state index contributed by atoms with van der Waals surface area (Å²) in [5.74, 6) is 0.495. The summed E-state index contributed by atoms with van der Waals surface area (Å²) in [7, 11) is 0. The number of halogens is 2. The molecule has 2 amide bonds. The van der Waals surface area contributed by atoms with Crippen molar-refractivity contribution in [2.75, 3.05) is 36.4 Å². The predicted octanol–water partition coefficient (Wildman–Crippen LogP) is 4.65. The molecular formula is C24H25F2N5O. The summed E-state index contributed by atoms with van der Waals surface area (Å²) < 4.78 is 27.6. The number of carbonyl (C=O) groups is 1. The average Bonchev–Trinajstić information content (AvgIpc) is 2.80.